The first kappa shape index (κ1) is 20.5. The van der Waals surface area contributed by atoms with Gasteiger partial charge in [0.15, 0.2) is 5.76 Å². The average molecular weight is 409 g/mol. The quantitative estimate of drug-likeness (QED) is 0.818. The molecule has 1 saturated carbocycles. The third-order valence-electron chi connectivity index (χ3n) is 5.18. The van der Waals surface area contributed by atoms with E-state index in [9.17, 15) is 17.6 Å². The molecule has 0 unspecified atom stereocenters. The van der Waals surface area contributed by atoms with Crippen molar-refractivity contribution in [2.75, 3.05) is 14.1 Å². The maximum absolute atomic E-state index is 13.3. The molecule has 3 rings (SSSR count). The van der Waals surface area contributed by atoms with Gasteiger partial charge in [-0.05, 0) is 50.3 Å². The molecular weight excluding hydrogens is 385 g/mol. The number of aromatic nitrogens is 1. The maximum Gasteiger partial charge on any atom is 0.246 e. The number of carbonyl (C=O) groups is 1. The molecule has 0 spiro atoms. The van der Waals surface area contributed by atoms with E-state index in [1.54, 1.807) is 40.1 Å². The van der Waals surface area contributed by atoms with Crippen molar-refractivity contribution in [1.29, 1.82) is 0 Å². The molecule has 152 valence electrons. The van der Waals surface area contributed by atoms with Gasteiger partial charge in [0, 0.05) is 26.1 Å². The summed E-state index contributed by atoms with van der Waals surface area (Å²) in [5.74, 6) is -0.800. The molecular formula is C19H24FN3O4S. The van der Waals surface area contributed by atoms with Gasteiger partial charge < -0.3 is 9.42 Å². The minimum absolute atomic E-state index is 0.0354. The van der Waals surface area contributed by atoms with Crippen LogP contribution in [-0.2, 0) is 14.8 Å². The molecule has 28 heavy (non-hydrogen) atoms. The molecule has 1 aliphatic rings. The SMILES string of the molecule is Cc1noc(C)c1S(=O)(=O)N[C@@H]1C[C@H](C(=O)N(C)C)[C@@H](c2ccc(F)cc2)C1. The Balaban J connectivity index is 1.87. The Kier molecular flexibility index (Phi) is 5.58. The summed E-state index contributed by atoms with van der Waals surface area (Å²) in [7, 11) is -0.490. The molecule has 0 radical (unpaired) electrons. The third kappa shape index (κ3) is 3.95. The fraction of sp³-hybridized carbons (Fsp3) is 0.474. The summed E-state index contributed by atoms with van der Waals surface area (Å²) in [6.45, 7) is 3.11. The lowest BCUT2D eigenvalue weighted by Gasteiger charge is -2.22. The van der Waals surface area contributed by atoms with E-state index in [1.165, 1.54) is 17.0 Å². The summed E-state index contributed by atoms with van der Waals surface area (Å²) >= 11 is 0. The second-order valence-corrected chi connectivity index (χ2v) is 9.09. The van der Waals surface area contributed by atoms with Crippen molar-refractivity contribution >= 4 is 15.9 Å². The van der Waals surface area contributed by atoms with Crippen molar-refractivity contribution < 1.29 is 22.1 Å². The molecule has 9 heteroatoms. The smallest absolute Gasteiger partial charge is 0.246 e. The lowest BCUT2D eigenvalue weighted by Crippen LogP contribution is -2.35. The molecule has 3 atom stereocenters. The van der Waals surface area contributed by atoms with Crippen LogP contribution < -0.4 is 4.72 Å². The van der Waals surface area contributed by atoms with Crippen LogP contribution in [0, 0.1) is 25.6 Å². The highest BCUT2D eigenvalue weighted by Gasteiger charge is 2.42. The Morgan fingerprint density at radius 2 is 1.86 bits per heavy atom. The van der Waals surface area contributed by atoms with Crippen LogP contribution in [0.25, 0.3) is 0 Å². The Hall–Kier alpha value is -2.26. The van der Waals surface area contributed by atoms with E-state index < -0.39 is 22.0 Å². The Labute approximate surface area is 163 Å². The van der Waals surface area contributed by atoms with Gasteiger partial charge in [0.1, 0.15) is 16.4 Å². The fourth-order valence-corrected chi connectivity index (χ4v) is 5.54. The Morgan fingerprint density at radius 1 is 1.21 bits per heavy atom. The number of carbonyl (C=O) groups excluding carboxylic acids is 1. The van der Waals surface area contributed by atoms with Crippen molar-refractivity contribution in [2.24, 2.45) is 5.92 Å². The van der Waals surface area contributed by atoms with Gasteiger partial charge in [0.25, 0.3) is 0 Å². The minimum atomic E-state index is -3.83. The lowest BCUT2D eigenvalue weighted by atomic mass is 9.88. The number of aryl methyl sites for hydroxylation is 2. The van der Waals surface area contributed by atoms with E-state index in [2.05, 4.69) is 9.88 Å². The fourth-order valence-electron chi connectivity index (χ4n) is 3.95. The molecule has 1 aliphatic carbocycles. The van der Waals surface area contributed by atoms with Crippen molar-refractivity contribution in [2.45, 2.75) is 43.5 Å². The topological polar surface area (TPSA) is 92.5 Å². The number of rotatable bonds is 5. The van der Waals surface area contributed by atoms with Crippen molar-refractivity contribution in [3.8, 4) is 0 Å². The second-order valence-electron chi connectivity index (χ2n) is 7.44. The van der Waals surface area contributed by atoms with Crippen molar-refractivity contribution in [1.82, 2.24) is 14.8 Å². The van der Waals surface area contributed by atoms with Crippen LogP contribution in [0.4, 0.5) is 4.39 Å². The molecule has 1 heterocycles. The predicted octanol–water partition coefficient (Wildman–Crippen LogP) is 2.36. The predicted molar refractivity (Wildman–Crippen MR) is 101 cm³/mol. The number of nitrogens with one attached hydrogen (secondary N) is 1. The van der Waals surface area contributed by atoms with E-state index in [0.29, 0.717) is 18.5 Å². The number of nitrogens with zero attached hydrogens (tertiary/aromatic N) is 2. The molecule has 7 nitrogen and oxygen atoms in total. The molecule has 1 amide bonds. The van der Waals surface area contributed by atoms with Crippen LogP contribution in [0.5, 0.6) is 0 Å². The van der Waals surface area contributed by atoms with Gasteiger partial charge in [-0.3, -0.25) is 4.79 Å². The summed E-state index contributed by atoms with van der Waals surface area (Å²) < 4.78 is 46.6. The van der Waals surface area contributed by atoms with E-state index in [1.807, 2.05) is 0 Å². The summed E-state index contributed by atoms with van der Waals surface area (Å²) in [5.41, 5.74) is 1.11. The summed E-state index contributed by atoms with van der Waals surface area (Å²) in [4.78, 5) is 14.2. The first-order valence-corrected chi connectivity index (χ1v) is 10.5. The highest BCUT2D eigenvalue weighted by atomic mass is 32.2. The molecule has 0 saturated heterocycles. The number of sulfonamides is 1. The summed E-state index contributed by atoms with van der Waals surface area (Å²) in [5, 5.41) is 3.70. The van der Waals surface area contributed by atoms with E-state index in [0.717, 1.165) is 5.56 Å². The zero-order chi connectivity index (χ0) is 20.6. The normalized spacial score (nSPS) is 22.4. The van der Waals surface area contributed by atoms with E-state index in [4.69, 9.17) is 4.52 Å². The third-order valence-corrected chi connectivity index (χ3v) is 6.94. The van der Waals surface area contributed by atoms with Crippen LogP contribution in [0.3, 0.4) is 0 Å². The van der Waals surface area contributed by atoms with Gasteiger partial charge in [-0.2, -0.15) is 0 Å². The highest BCUT2D eigenvalue weighted by Crippen LogP contribution is 2.41. The molecule has 1 fully saturated rings. The average Bonchev–Trinajstić information content (AvgIpc) is 3.17. The zero-order valence-corrected chi connectivity index (χ0v) is 17.1. The largest absolute Gasteiger partial charge is 0.360 e. The Bertz CT molecular complexity index is 950. The van der Waals surface area contributed by atoms with Gasteiger partial charge in [-0.25, -0.2) is 17.5 Å². The number of hydrogen-bond donors (Lipinski definition) is 1. The molecule has 1 aromatic heterocycles. The van der Waals surface area contributed by atoms with Crippen molar-refractivity contribution in [3.05, 3.63) is 47.1 Å². The first-order chi connectivity index (χ1) is 13.1. The minimum Gasteiger partial charge on any atom is -0.360 e. The van der Waals surface area contributed by atoms with E-state index in [-0.39, 0.29) is 28.3 Å². The second kappa shape index (κ2) is 7.63. The van der Waals surface area contributed by atoms with Gasteiger partial charge in [-0.1, -0.05) is 17.3 Å². The Morgan fingerprint density at radius 3 is 2.39 bits per heavy atom. The van der Waals surface area contributed by atoms with Gasteiger partial charge in [-0.15, -0.1) is 0 Å². The summed E-state index contributed by atoms with van der Waals surface area (Å²) in [6, 6.07) is 5.59. The van der Waals surface area contributed by atoms with Gasteiger partial charge in [0.2, 0.25) is 15.9 Å². The van der Waals surface area contributed by atoms with E-state index >= 15 is 0 Å². The molecule has 0 bridgehead atoms. The number of amides is 1. The van der Waals surface area contributed by atoms with Gasteiger partial charge >= 0.3 is 0 Å². The molecule has 0 aliphatic heterocycles. The number of halogens is 1. The number of benzene rings is 1. The monoisotopic (exact) mass is 409 g/mol. The zero-order valence-electron chi connectivity index (χ0n) is 16.3. The first-order valence-electron chi connectivity index (χ1n) is 9.02. The molecule has 1 aromatic carbocycles. The number of hydrogen-bond acceptors (Lipinski definition) is 5. The van der Waals surface area contributed by atoms with Crippen molar-refractivity contribution in [3.63, 3.8) is 0 Å². The highest BCUT2D eigenvalue weighted by molar-refractivity contribution is 7.89. The van der Waals surface area contributed by atoms with Gasteiger partial charge in [0.05, 0.1) is 0 Å². The summed E-state index contributed by atoms with van der Waals surface area (Å²) in [6.07, 6.45) is 0.806. The lowest BCUT2D eigenvalue weighted by molar-refractivity contribution is -0.133. The van der Waals surface area contributed by atoms with Crippen LogP contribution in [0.2, 0.25) is 0 Å². The molecule has 1 N–H and O–H groups in total. The van der Waals surface area contributed by atoms with Crippen LogP contribution in [0.15, 0.2) is 33.7 Å². The standard InChI is InChI=1S/C19H24FN3O4S/c1-11-18(12(2)27-21-11)28(25,26)22-15-9-16(13-5-7-14(20)8-6-13)17(10-15)19(24)23(3)4/h5-8,15-17,22H,9-10H2,1-4H3/t15-,16+,17-/m0/s1. The van der Waals surface area contributed by atoms with Crippen LogP contribution in [0.1, 0.15) is 35.8 Å². The maximum atomic E-state index is 13.3. The van der Waals surface area contributed by atoms with Crippen LogP contribution in [-0.4, -0.2) is 44.5 Å². The molecule has 2 aromatic rings. The van der Waals surface area contributed by atoms with Crippen LogP contribution >= 0.6 is 0 Å².